The highest BCUT2D eigenvalue weighted by atomic mass is 35.5. The largest absolute Gasteiger partial charge is 0.493 e. The number of halogens is 2. The zero-order chi connectivity index (χ0) is 17.7. The lowest BCUT2D eigenvalue weighted by molar-refractivity contribution is 0.0695. The molecule has 2 aromatic rings. The molecule has 0 radical (unpaired) electrons. The molecular weight excluding hydrogens is 355 g/mol. The predicted octanol–water partition coefficient (Wildman–Crippen LogP) is 4.33. The average molecular weight is 371 g/mol. The number of hydrogen-bond acceptors (Lipinski definition) is 4. The van der Waals surface area contributed by atoms with Crippen LogP contribution in [0.25, 0.3) is 0 Å². The summed E-state index contributed by atoms with van der Waals surface area (Å²) in [6.07, 6.45) is 0.527. The molecule has 0 atom stereocenters. The van der Waals surface area contributed by atoms with Crippen molar-refractivity contribution in [2.24, 2.45) is 0 Å². The lowest BCUT2D eigenvalue weighted by atomic mass is 10.1. The second-order valence-corrected chi connectivity index (χ2v) is 5.69. The van der Waals surface area contributed by atoms with E-state index in [9.17, 15) is 9.90 Å². The summed E-state index contributed by atoms with van der Waals surface area (Å²) < 4.78 is 16.1. The molecule has 0 heterocycles. The minimum absolute atomic E-state index is 0.0483. The SMILES string of the molecule is COc1cc(C(=O)O)cc(OCCc2ccc(Cl)cc2Cl)c1OC. The first-order valence-electron chi connectivity index (χ1n) is 7.02. The molecule has 0 fully saturated rings. The fraction of sp³-hybridized carbons (Fsp3) is 0.235. The number of benzene rings is 2. The molecule has 7 heteroatoms. The molecule has 0 aliphatic carbocycles. The van der Waals surface area contributed by atoms with Gasteiger partial charge in [-0.05, 0) is 29.8 Å². The molecule has 1 N–H and O–H groups in total. The van der Waals surface area contributed by atoms with Gasteiger partial charge >= 0.3 is 5.97 Å². The lowest BCUT2D eigenvalue weighted by Crippen LogP contribution is -2.06. The van der Waals surface area contributed by atoms with Gasteiger partial charge in [-0.1, -0.05) is 29.3 Å². The number of hydrogen-bond donors (Lipinski definition) is 1. The lowest BCUT2D eigenvalue weighted by Gasteiger charge is -2.15. The molecule has 0 unspecified atom stereocenters. The summed E-state index contributed by atoms with van der Waals surface area (Å²) in [4.78, 5) is 11.2. The van der Waals surface area contributed by atoms with Gasteiger partial charge in [0, 0.05) is 16.5 Å². The summed E-state index contributed by atoms with van der Waals surface area (Å²) in [5.41, 5.74) is 0.925. The minimum atomic E-state index is -1.08. The fourth-order valence-corrected chi connectivity index (χ4v) is 2.66. The van der Waals surface area contributed by atoms with Crippen LogP contribution in [0.3, 0.4) is 0 Å². The highest BCUT2D eigenvalue weighted by Crippen LogP contribution is 2.38. The van der Waals surface area contributed by atoms with E-state index in [1.807, 2.05) is 6.07 Å². The Labute approximate surface area is 149 Å². The quantitative estimate of drug-likeness (QED) is 0.785. The first kappa shape index (κ1) is 18.2. The number of aromatic carboxylic acids is 1. The summed E-state index contributed by atoms with van der Waals surface area (Å²) in [6.45, 7) is 0.282. The maximum Gasteiger partial charge on any atom is 0.335 e. The third-order valence-corrected chi connectivity index (χ3v) is 3.92. The minimum Gasteiger partial charge on any atom is -0.493 e. The van der Waals surface area contributed by atoms with Gasteiger partial charge in [0.15, 0.2) is 11.5 Å². The molecule has 0 aromatic heterocycles. The molecule has 2 rings (SSSR count). The molecule has 2 aromatic carbocycles. The molecule has 0 spiro atoms. The standard InChI is InChI=1S/C17H16Cl2O5/c1-22-14-7-11(17(20)21)8-15(16(14)23-2)24-6-5-10-3-4-12(18)9-13(10)19/h3-4,7-9H,5-6H2,1-2H3,(H,20,21). The van der Waals surface area contributed by atoms with E-state index >= 15 is 0 Å². The van der Waals surface area contributed by atoms with Crippen LogP contribution in [0.5, 0.6) is 17.2 Å². The van der Waals surface area contributed by atoms with Crippen molar-refractivity contribution in [2.75, 3.05) is 20.8 Å². The van der Waals surface area contributed by atoms with Crippen molar-refractivity contribution in [1.29, 1.82) is 0 Å². The van der Waals surface area contributed by atoms with Crippen molar-refractivity contribution in [2.45, 2.75) is 6.42 Å². The van der Waals surface area contributed by atoms with Gasteiger partial charge < -0.3 is 19.3 Å². The fourth-order valence-electron chi connectivity index (χ4n) is 2.16. The Morgan fingerprint density at radius 3 is 2.38 bits per heavy atom. The van der Waals surface area contributed by atoms with E-state index in [1.165, 1.54) is 26.4 Å². The summed E-state index contributed by atoms with van der Waals surface area (Å²) in [7, 11) is 2.89. The predicted molar refractivity (Wildman–Crippen MR) is 92.2 cm³/mol. The van der Waals surface area contributed by atoms with Gasteiger partial charge in [0.1, 0.15) is 0 Å². The Hall–Kier alpha value is -2.11. The first-order chi connectivity index (χ1) is 11.5. The molecule has 0 bridgehead atoms. The van der Waals surface area contributed by atoms with Gasteiger partial charge in [-0.3, -0.25) is 0 Å². The molecule has 0 aliphatic rings. The number of methoxy groups -OCH3 is 2. The summed E-state index contributed by atoms with van der Waals surface area (Å²) in [5.74, 6) is -0.164. The summed E-state index contributed by atoms with van der Waals surface area (Å²) in [6, 6.07) is 8.00. The summed E-state index contributed by atoms with van der Waals surface area (Å²) >= 11 is 12.0. The normalized spacial score (nSPS) is 10.3. The van der Waals surface area contributed by atoms with Crippen LogP contribution in [-0.2, 0) is 6.42 Å². The third kappa shape index (κ3) is 4.24. The maximum absolute atomic E-state index is 11.2. The van der Waals surface area contributed by atoms with Gasteiger partial charge in [-0.15, -0.1) is 0 Å². The topological polar surface area (TPSA) is 65.0 Å². The zero-order valence-corrected chi connectivity index (χ0v) is 14.6. The molecular formula is C17H16Cl2O5. The monoisotopic (exact) mass is 370 g/mol. The first-order valence-corrected chi connectivity index (χ1v) is 7.78. The molecule has 0 saturated heterocycles. The van der Waals surface area contributed by atoms with Crippen LogP contribution < -0.4 is 14.2 Å². The van der Waals surface area contributed by atoms with Crippen molar-refractivity contribution in [3.05, 3.63) is 51.5 Å². The Kier molecular flexibility index (Phi) is 6.17. The second-order valence-electron chi connectivity index (χ2n) is 4.85. The van der Waals surface area contributed by atoms with Crippen molar-refractivity contribution >= 4 is 29.2 Å². The number of carboxylic acid groups (broad SMARTS) is 1. The van der Waals surface area contributed by atoms with E-state index in [-0.39, 0.29) is 17.9 Å². The van der Waals surface area contributed by atoms with Gasteiger partial charge in [0.2, 0.25) is 5.75 Å². The van der Waals surface area contributed by atoms with Crippen LogP contribution in [0.1, 0.15) is 15.9 Å². The number of carbonyl (C=O) groups is 1. The van der Waals surface area contributed by atoms with Crippen LogP contribution in [-0.4, -0.2) is 31.9 Å². The van der Waals surface area contributed by atoms with Gasteiger partial charge in [0.05, 0.1) is 26.4 Å². The van der Waals surface area contributed by atoms with Crippen molar-refractivity contribution < 1.29 is 24.1 Å². The van der Waals surface area contributed by atoms with Crippen LogP contribution in [0, 0.1) is 0 Å². The third-order valence-electron chi connectivity index (χ3n) is 3.34. The zero-order valence-electron chi connectivity index (χ0n) is 13.1. The number of rotatable bonds is 7. The molecule has 0 aliphatic heterocycles. The highest BCUT2D eigenvalue weighted by molar-refractivity contribution is 6.35. The number of carboxylic acids is 1. The van der Waals surface area contributed by atoms with Gasteiger partial charge in [-0.25, -0.2) is 4.79 Å². The smallest absolute Gasteiger partial charge is 0.335 e. The number of ether oxygens (including phenoxy) is 3. The van der Waals surface area contributed by atoms with Gasteiger partial charge in [-0.2, -0.15) is 0 Å². The van der Waals surface area contributed by atoms with Crippen molar-refractivity contribution in [1.82, 2.24) is 0 Å². The van der Waals surface area contributed by atoms with Crippen molar-refractivity contribution in [3.63, 3.8) is 0 Å². The Bertz CT molecular complexity index is 746. The van der Waals surface area contributed by atoms with E-state index in [4.69, 9.17) is 37.4 Å². The average Bonchev–Trinajstić information content (AvgIpc) is 2.55. The van der Waals surface area contributed by atoms with Crippen LogP contribution in [0.15, 0.2) is 30.3 Å². The van der Waals surface area contributed by atoms with Crippen LogP contribution in [0.2, 0.25) is 10.0 Å². The molecule has 128 valence electrons. The summed E-state index contributed by atoms with van der Waals surface area (Å²) in [5, 5.41) is 10.3. The van der Waals surface area contributed by atoms with E-state index in [0.29, 0.717) is 28.0 Å². The molecule has 24 heavy (non-hydrogen) atoms. The van der Waals surface area contributed by atoms with Crippen LogP contribution >= 0.6 is 23.2 Å². The maximum atomic E-state index is 11.2. The van der Waals surface area contributed by atoms with E-state index in [2.05, 4.69) is 0 Å². The van der Waals surface area contributed by atoms with E-state index in [1.54, 1.807) is 12.1 Å². The Morgan fingerprint density at radius 2 is 1.79 bits per heavy atom. The van der Waals surface area contributed by atoms with Crippen molar-refractivity contribution in [3.8, 4) is 17.2 Å². The highest BCUT2D eigenvalue weighted by Gasteiger charge is 2.17. The van der Waals surface area contributed by atoms with Crippen LogP contribution in [0.4, 0.5) is 0 Å². The molecule has 5 nitrogen and oxygen atoms in total. The molecule has 0 amide bonds. The van der Waals surface area contributed by atoms with E-state index in [0.717, 1.165) is 5.56 Å². The Morgan fingerprint density at radius 1 is 1.08 bits per heavy atom. The Balaban J connectivity index is 2.18. The second kappa shape index (κ2) is 8.13. The van der Waals surface area contributed by atoms with Gasteiger partial charge in [0.25, 0.3) is 0 Å². The molecule has 0 saturated carbocycles. The van der Waals surface area contributed by atoms with E-state index < -0.39 is 5.97 Å².